The Hall–Kier alpha value is -0.0800. The van der Waals surface area contributed by atoms with Crippen LogP contribution in [0.3, 0.4) is 0 Å². The smallest absolute Gasteiger partial charge is 0.0839 e. The first-order valence-electron chi connectivity index (χ1n) is 4.34. The van der Waals surface area contributed by atoms with Crippen molar-refractivity contribution in [1.82, 2.24) is 0 Å². The van der Waals surface area contributed by atoms with Crippen molar-refractivity contribution < 1.29 is 9.47 Å². The molecule has 2 heteroatoms. The molecule has 1 radical (unpaired) electrons. The maximum atomic E-state index is 5.28. The summed E-state index contributed by atoms with van der Waals surface area (Å²) in [6.07, 6.45) is 5.87. The Labute approximate surface area is 68.9 Å². The molecule has 2 nitrogen and oxygen atoms in total. The monoisotopic (exact) mass is 157 g/mol. The molecule has 1 rings (SSSR count). The van der Waals surface area contributed by atoms with Crippen LogP contribution in [-0.2, 0) is 9.47 Å². The first-order valence-corrected chi connectivity index (χ1v) is 4.34. The number of methoxy groups -OCH3 is 1. The van der Waals surface area contributed by atoms with E-state index in [2.05, 4.69) is 6.92 Å². The first-order chi connectivity index (χ1) is 5.34. The number of hydrogen-bond acceptors (Lipinski definition) is 2. The maximum Gasteiger partial charge on any atom is 0.0839 e. The summed E-state index contributed by atoms with van der Waals surface area (Å²) in [6.45, 7) is 3.99. The largest absolute Gasteiger partial charge is 0.379 e. The molecule has 0 saturated carbocycles. The summed E-state index contributed by atoms with van der Waals surface area (Å²) in [5.41, 5.74) is 0. The van der Waals surface area contributed by atoms with E-state index in [4.69, 9.17) is 9.47 Å². The summed E-state index contributed by atoms with van der Waals surface area (Å²) in [5.74, 6) is 0. The van der Waals surface area contributed by atoms with Gasteiger partial charge in [-0.25, -0.2) is 0 Å². The average Bonchev–Trinajstić information content (AvgIpc) is 2.67. The van der Waals surface area contributed by atoms with Gasteiger partial charge in [0.15, 0.2) is 0 Å². The van der Waals surface area contributed by atoms with E-state index in [-0.39, 0.29) is 0 Å². The molecule has 1 fully saturated rings. The standard InChI is InChI=1S/C9H17O2/c1-8-9(11-8)6-4-3-5-7-10-2/h7-9H,3-6H2,1-2H3. The minimum atomic E-state index is 0.529. The molecule has 0 spiro atoms. The van der Waals surface area contributed by atoms with Crippen molar-refractivity contribution in [2.24, 2.45) is 0 Å². The van der Waals surface area contributed by atoms with Gasteiger partial charge in [-0.05, 0) is 19.8 Å². The van der Waals surface area contributed by atoms with Crippen molar-refractivity contribution in [1.29, 1.82) is 0 Å². The number of unbranched alkanes of at least 4 members (excludes halogenated alkanes) is 2. The van der Waals surface area contributed by atoms with Crippen molar-refractivity contribution in [3.8, 4) is 0 Å². The summed E-state index contributed by atoms with van der Waals surface area (Å²) < 4.78 is 10.1. The Kier molecular flexibility index (Phi) is 3.87. The van der Waals surface area contributed by atoms with E-state index in [1.807, 2.05) is 6.61 Å². The molecule has 11 heavy (non-hydrogen) atoms. The molecule has 0 aliphatic carbocycles. The van der Waals surface area contributed by atoms with E-state index >= 15 is 0 Å². The SMILES string of the molecule is CO[CH]CCCCC1OC1C. The fourth-order valence-corrected chi connectivity index (χ4v) is 1.22. The van der Waals surface area contributed by atoms with Crippen LogP contribution in [0, 0.1) is 6.61 Å². The molecule has 1 aliphatic heterocycles. The van der Waals surface area contributed by atoms with Gasteiger partial charge >= 0.3 is 0 Å². The third kappa shape index (κ3) is 3.73. The first kappa shape index (κ1) is 9.01. The predicted molar refractivity (Wildman–Crippen MR) is 44.1 cm³/mol. The third-order valence-electron chi connectivity index (χ3n) is 2.06. The average molecular weight is 157 g/mol. The highest BCUT2D eigenvalue weighted by molar-refractivity contribution is 4.79. The fourth-order valence-electron chi connectivity index (χ4n) is 1.22. The maximum absolute atomic E-state index is 5.28. The van der Waals surface area contributed by atoms with Crippen molar-refractivity contribution in [3.05, 3.63) is 6.61 Å². The van der Waals surface area contributed by atoms with Gasteiger partial charge in [-0.2, -0.15) is 0 Å². The molecule has 1 aliphatic rings. The molecule has 1 saturated heterocycles. The van der Waals surface area contributed by atoms with Gasteiger partial charge in [0.05, 0.1) is 18.8 Å². The molecule has 2 unspecified atom stereocenters. The molecule has 0 aromatic rings. The molecule has 0 aromatic carbocycles. The molecular weight excluding hydrogens is 140 g/mol. The number of ether oxygens (including phenoxy) is 2. The van der Waals surface area contributed by atoms with Gasteiger partial charge in [-0.15, -0.1) is 0 Å². The molecule has 65 valence electrons. The Morgan fingerprint density at radius 3 is 2.73 bits per heavy atom. The van der Waals surface area contributed by atoms with Crippen LogP contribution in [-0.4, -0.2) is 19.3 Å². The second-order valence-corrected chi connectivity index (χ2v) is 3.07. The molecule has 0 bridgehead atoms. The van der Waals surface area contributed by atoms with E-state index in [1.165, 1.54) is 19.3 Å². The molecule has 0 N–H and O–H groups in total. The van der Waals surface area contributed by atoms with Crippen LogP contribution in [0.15, 0.2) is 0 Å². The van der Waals surface area contributed by atoms with Crippen LogP contribution in [0.1, 0.15) is 32.6 Å². The fraction of sp³-hybridized carbons (Fsp3) is 0.889. The zero-order chi connectivity index (χ0) is 8.10. The van der Waals surface area contributed by atoms with E-state index < -0.39 is 0 Å². The van der Waals surface area contributed by atoms with E-state index in [9.17, 15) is 0 Å². The minimum absolute atomic E-state index is 0.529. The zero-order valence-electron chi connectivity index (χ0n) is 7.38. The summed E-state index contributed by atoms with van der Waals surface area (Å²) in [4.78, 5) is 0. The lowest BCUT2D eigenvalue weighted by Crippen LogP contribution is -1.89. The van der Waals surface area contributed by atoms with Crippen LogP contribution >= 0.6 is 0 Å². The van der Waals surface area contributed by atoms with Gasteiger partial charge < -0.3 is 9.47 Å². The van der Waals surface area contributed by atoms with Crippen LogP contribution in [0.4, 0.5) is 0 Å². The normalized spacial score (nSPS) is 28.9. The summed E-state index contributed by atoms with van der Waals surface area (Å²) >= 11 is 0. The van der Waals surface area contributed by atoms with E-state index in [0.29, 0.717) is 12.2 Å². The Morgan fingerprint density at radius 2 is 2.18 bits per heavy atom. The highest BCUT2D eigenvalue weighted by Crippen LogP contribution is 2.26. The minimum Gasteiger partial charge on any atom is -0.379 e. The molecule has 1 heterocycles. The molecular formula is C9H17O2. The van der Waals surface area contributed by atoms with Gasteiger partial charge in [-0.1, -0.05) is 12.8 Å². The van der Waals surface area contributed by atoms with E-state index in [1.54, 1.807) is 7.11 Å². The quantitative estimate of drug-likeness (QED) is 0.435. The van der Waals surface area contributed by atoms with Gasteiger partial charge in [0, 0.05) is 7.11 Å². The van der Waals surface area contributed by atoms with Crippen molar-refractivity contribution >= 4 is 0 Å². The topological polar surface area (TPSA) is 21.8 Å². The Morgan fingerprint density at radius 1 is 1.45 bits per heavy atom. The van der Waals surface area contributed by atoms with Crippen LogP contribution in [0.2, 0.25) is 0 Å². The lowest BCUT2D eigenvalue weighted by Gasteiger charge is -1.96. The van der Waals surface area contributed by atoms with Crippen LogP contribution in [0.25, 0.3) is 0 Å². The van der Waals surface area contributed by atoms with Crippen molar-refractivity contribution in [2.45, 2.75) is 44.8 Å². The number of rotatable bonds is 6. The summed E-state index contributed by atoms with van der Waals surface area (Å²) in [5, 5.41) is 0. The number of hydrogen-bond donors (Lipinski definition) is 0. The number of epoxide rings is 1. The summed E-state index contributed by atoms with van der Waals surface area (Å²) in [7, 11) is 1.70. The van der Waals surface area contributed by atoms with Crippen molar-refractivity contribution in [2.75, 3.05) is 7.11 Å². The predicted octanol–water partition coefficient (Wildman–Crippen LogP) is 2.14. The highest BCUT2D eigenvalue weighted by Gasteiger charge is 2.32. The van der Waals surface area contributed by atoms with Gasteiger partial charge in [-0.3, -0.25) is 0 Å². The molecule has 0 amide bonds. The van der Waals surface area contributed by atoms with Gasteiger partial charge in [0.2, 0.25) is 0 Å². The zero-order valence-corrected chi connectivity index (χ0v) is 7.38. The Bertz CT molecular complexity index is 104. The lowest BCUT2D eigenvalue weighted by atomic mass is 10.1. The second kappa shape index (κ2) is 4.73. The lowest BCUT2D eigenvalue weighted by molar-refractivity contribution is 0.261. The second-order valence-electron chi connectivity index (χ2n) is 3.07. The highest BCUT2D eigenvalue weighted by atomic mass is 16.6. The van der Waals surface area contributed by atoms with Crippen molar-refractivity contribution in [3.63, 3.8) is 0 Å². The Balaban J connectivity index is 1.74. The van der Waals surface area contributed by atoms with Gasteiger partial charge in [0.1, 0.15) is 0 Å². The molecule has 0 aromatic heterocycles. The van der Waals surface area contributed by atoms with Crippen LogP contribution < -0.4 is 0 Å². The molecule has 2 atom stereocenters. The summed E-state index contributed by atoms with van der Waals surface area (Å²) in [6, 6.07) is 0. The third-order valence-corrected chi connectivity index (χ3v) is 2.06. The van der Waals surface area contributed by atoms with Crippen LogP contribution in [0.5, 0.6) is 0 Å². The van der Waals surface area contributed by atoms with E-state index in [0.717, 1.165) is 6.42 Å². The van der Waals surface area contributed by atoms with Gasteiger partial charge in [0.25, 0.3) is 0 Å².